The highest BCUT2D eigenvalue weighted by Crippen LogP contribution is 2.34. The first-order valence-corrected chi connectivity index (χ1v) is 12.9. The van der Waals surface area contributed by atoms with Crippen LogP contribution in [-0.4, -0.2) is 80.9 Å². The largest absolute Gasteiger partial charge is 0.378 e. The Kier molecular flexibility index (Phi) is 6.03. The molecule has 188 valence electrons. The lowest BCUT2D eigenvalue weighted by Gasteiger charge is -2.43. The number of nitrogens with zero attached hydrogens (tertiary/aromatic N) is 7. The van der Waals surface area contributed by atoms with Crippen molar-refractivity contribution in [2.75, 3.05) is 44.3 Å². The minimum Gasteiger partial charge on any atom is -0.378 e. The molecule has 0 spiro atoms. The standard InChI is InChI=1S/C26H25BrN8O2/c1-15-25(21(11-28)32-31-15)26-18(16(2)36)3-4-24(30-26)35-14-29-20-10-22(19(27)9-23(20)35)34-7-5-33(6-8-34)17-12-37-13-17/h3-4,9-10,14,17H,5-8,12-13H2,1-2H3,(H,31,32). The number of anilines is 1. The van der Waals surface area contributed by atoms with Gasteiger partial charge in [0.1, 0.15) is 18.2 Å². The molecule has 2 aliphatic rings. The van der Waals surface area contributed by atoms with Crippen molar-refractivity contribution in [2.24, 2.45) is 0 Å². The number of imidazole rings is 1. The number of hydrogen-bond acceptors (Lipinski definition) is 8. The van der Waals surface area contributed by atoms with Crippen molar-refractivity contribution in [2.45, 2.75) is 19.9 Å². The molecule has 0 amide bonds. The average Bonchev–Trinajstić information content (AvgIpc) is 3.45. The summed E-state index contributed by atoms with van der Waals surface area (Å²) in [5.74, 6) is 0.467. The maximum absolute atomic E-state index is 12.4. The van der Waals surface area contributed by atoms with E-state index >= 15 is 0 Å². The number of aromatic amines is 1. The molecule has 10 nitrogen and oxygen atoms in total. The molecular formula is C26H25BrN8O2. The Hall–Kier alpha value is -3.59. The first-order chi connectivity index (χ1) is 17.9. The maximum Gasteiger partial charge on any atom is 0.171 e. The topological polar surface area (TPSA) is 116 Å². The molecule has 37 heavy (non-hydrogen) atoms. The molecule has 11 heteroatoms. The van der Waals surface area contributed by atoms with E-state index in [2.05, 4.69) is 59.1 Å². The van der Waals surface area contributed by atoms with Crippen molar-refractivity contribution in [1.82, 2.24) is 29.6 Å². The minimum atomic E-state index is -0.133. The van der Waals surface area contributed by atoms with Crippen LogP contribution in [0.5, 0.6) is 0 Å². The van der Waals surface area contributed by atoms with Gasteiger partial charge in [-0.3, -0.25) is 19.4 Å². The van der Waals surface area contributed by atoms with Crippen LogP contribution < -0.4 is 4.90 Å². The van der Waals surface area contributed by atoms with Gasteiger partial charge in [-0.2, -0.15) is 10.4 Å². The second-order valence-corrected chi connectivity index (χ2v) is 10.3. The molecule has 1 aromatic carbocycles. The summed E-state index contributed by atoms with van der Waals surface area (Å²) in [6.45, 7) is 8.91. The first-order valence-electron chi connectivity index (χ1n) is 12.2. The smallest absolute Gasteiger partial charge is 0.171 e. The summed E-state index contributed by atoms with van der Waals surface area (Å²) < 4.78 is 8.24. The number of Topliss-reactive ketones (excluding diaryl/α,β-unsaturated/α-hetero) is 1. The van der Waals surface area contributed by atoms with Crippen molar-refractivity contribution >= 4 is 38.4 Å². The van der Waals surface area contributed by atoms with Gasteiger partial charge in [0.05, 0.1) is 47.2 Å². The fourth-order valence-corrected chi connectivity index (χ4v) is 5.65. The zero-order chi connectivity index (χ0) is 25.7. The van der Waals surface area contributed by atoms with Gasteiger partial charge in [0.15, 0.2) is 11.5 Å². The van der Waals surface area contributed by atoms with Crippen LogP contribution in [0.25, 0.3) is 28.1 Å². The van der Waals surface area contributed by atoms with E-state index in [0.717, 1.165) is 60.6 Å². The van der Waals surface area contributed by atoms with Crippen molar-refractivity contribution in [3.63, 3.8) is 0 Å². The number of H-pyrrole nitrogens is 1. The second kappa shape index (κ2) is 9.37. The Balaban J connectivity index is 1.36. The van der Waals surface area contributed by atoms with Gasteiger partial charge in [0.25, 0.3) is 0 Å². The normalized spacial score (nSPS) is 16.6. The van der Waals surface area contributed by atoms with Crippen LogP contribution in [0.1, 0.15) is 28.7 Å². The van der Waals surface area contributed by atoms with Crippen molar-refractivity contribution < 1.29 is 9.53 Å². The Morgan fingerprint density at radius 2 is 2.00 bits per heavy atom. The summed E-state index contributed by atoms with van der Waals surface area (Å²) in [6, 6.07) is 10.4. The van der Waals surface area contributed by atoms with Gasteiger partial charge >= 0.3 is 0 Å². The third-order valence-electron chi connectivity index (χ3n) is 7.20. The van der Waals surface area contributed by atoms with Crippen LogP contribution in [0.3, 0.4) is 0 Å². The van der Waals surface area contributed by atoms with Gasteiger partial charge in [-0.25, -0.2) is 9.97 Å². The molecule has 1 N–H and O–H groups in total. The van der Waals surface area contributed by atoms with Crippen molar-refractivity contribution in [3.8, 4) is 23.1 Å². The lowest BCUT2D eigenvalue weighted by molar-refractivity contribution is -0.0660. The molecule has 6 rings (SSSR count). The van der Waals surface area contributed by atoms with Gasteiger partial charge in [-0.15, -0.1) is 0 Å². The fourth-order valence-electron chi connectivity index (χ4n) is 5.06. The summed E-state index contributed by atoms with van der Waals surface area (Å²) in [7, 11) is 0. The molecule has 5 heterocycles. The fraction of sp³-hybridized carbons (Fsp3) is 0.346. The van der Waals surface area contributed by atoms with Gasteiger partial charge in [-0.1, -0.05) is 0 Å². The van der Waals surface area contributed by atoms with Gasteiger partial charge in [0, 0.05) is 41.9 Å². The highest BCUT2D eigenvalue weighted by molar-refractivity contribution is 9.10. The first kappa shape index (κ1) is 23.8. The molecule has 2 aliphatic heterocycles. The molecule has 0 atom stereocenters. The molecule has 2 saturated heterocycles. The molecule has 0 aliphatic carbocycles. The highest BCUT2D eigenvalue weighted by atomic mass is 79.9. The third-order valence-corrected chi connectivity index (χ3v) is 7.84. The van der Waals surface area contributed by atoms with Crippen LogP contribution >= 0.6 is 15.9 Å². The number of rotatable bonds is 5. The maximum atomic E-state index is 12.4. The van der Waals surface area contributed by atoms with E-state index < -0.39 is 0 Å². The van der Waals surface area contributed by atoms with Crippen LogP contribution in [0, 0.1) is 18.3 Å². The zero-order valence-corrected chi connectivity index (χ0v) is 22.1. The number of aromatic nitrogens is 5. The van der Waals surface area contributed by atoms with E-state index in [1.54, 1.807) is 18.5 Å². The number of pyridine rings is 1. The van der Waals surface area contributed by atoms with Crippen LogP contribution in [-0.2, 0) is 4.74 Å². The van der Waals surface area contributed by atoms with Crippen LogP contribution in [0.2, 0.25) is 0 Å². The molecule has 0 unspecified atom stereocenters. The van der Waals surface area contributed by atoms with E-state index in [4.69, 9.17) is 9.72 Å². The van der Waals surface area contributed by atoms with Gasteiger partial charge in [-0.05, 0) is 54.0 Å². The second-order valence-electron chi connectivity index (χ2n) is 9.43. The summed E-state index contributed by atoms with van der Waals surface area (Å²) in [4.78, 5) is 26.8. The Bertz CT molecular complexity index is 1560. The molecular weight excluding hydrogens is 536 g/mol. The number of carbonyl (C=O) groups is 1. The van der Waals surface area contributed by atoms with Gasteiger partial charge < -0.3 is 9.64 Å². The van der Waals surface area contributed by atoms with Crippen molar-refractivity contribution in [1.29, 1.82) is 5.26 Å². The van der Waals surface area contributed by atoms with Crippen molar-refractivity contribution in [3.05, 3.63) is 52.0 Å². The lowest BCUT2D eigenvalue weighted by Crippen LogP contribution is -2.56. The number of nitrogens with one attached hydrogen (secondary N) is 1. The zero-order valence-electron chi connectivity index (χ0n) is 20.5. The van der Waals surface area contributed by atoms with Gasteiger partial charge in [0.2, 0.25) is 0 Å². The summed E-state index contributed by atoms with van der Waals surface area (Å²) in [6.07, 6.45) is 1.74. The number of aryl methyl sites for hydroxylation is 1. The Morgan fingerprint density at radius 3 is 2.68 bits per heavy atom. The van der Waals surface area contributed by atoms with E-state index in [1.165, 1.54) is 6.92 Å². The summed E-state index contributed by atoms with van der Waals surface area (Å²) >= 11 is 3.79. The minimum absolute atomic E-state index is 0.133. The number of nitriles is 1. The molecule has 0 radical (unpaired) electrons. The van der Waals surface area contributed by atoms with E-state index in [1.807, 2.05) is 11.5 Å². The SMILES string of the molecule is CC(=O)c1ccc(-n2cnc3cc(N4CCN(C5COC5)CC4)c(Br)cc32)nc1-c1c(C#N)n[nH]c1C. The van der Waals surface area contributed by atoms with Crippen LogP contribution in [0.4, 0.5) is 5.69 Å². The monoisotopic (exact) mass is 560 g/mol. The number of ketones is 1. The number of benzene rings is 1. The number of ether oxygens (including phenoxy) is 1. The molecule has 3 aromatic heterocycles. The lowest BCUT2D eigenvalue weighted by atomic mass is 10.0. The molecule has 4 aromatic rings. The number of halogens is 1. The summed E-state index contributed by atoms with van der Waals surface area (Å²) in [5, 5.41) is 16.5. The quantitative estimate of drug-likeness (QED) is 0.369. The van der Waals surface area contributed by atoms with E-state index in [9.17, 15) is 10.1 Å². The predicted molar refractivity (Wildman–Crippen MR) is 142 cm³/mol. The number of hydrogen-bond donors (Lipinski definition) is 1. The summed E-state index contributed by atoms with van der Waals surface area (Å²) in [5.41, 5.74) is 5.15. The highest BCUT2D eigenvalue weighted by Gasteiger charge is 2.29. The Labute approximate surface area is 222 Å². The molecule has 2 fully saturated rings. The number of carbonyl (C=O) groups excluding carboxylic acids is 1. The number of piperazine rings is 1. The Morgan fingerprint density at radius 1 is 1.22 bits per heavy atom. The molecule has 0 saturated carbocycles. The third kappa shape index (κ3) is 4.11. The average molecular weight is 561 g/mol. The van der Waals surface area contributed by atoms with E-state index in [0.29, 0.717) is 34.4 Å². The molecule has 0 bridgehead atoms. The van der Waals surface area contributed by atoms with E-state index in [-0.39, 0.29) is 11.5 Å². The number of fused-ring (bicyclic) bond motifs is 1. The van der Waals surface area contributed by atoms with Crippen LogP contribution in [0.15, 0.2) is 35.1 Å². The predicted octanol–water partition coefficient (Wildman–Crippen LogP) is 3.48.